The average Bonchev–Trinajstić information content (AvgIpc) is 3.04. The first-order chi connectivity index (χ1) is 15.0. The molecule has 6 heteroatoms. The zero-order valence-electron chi connectivity index (χ0n) is 17.0. The summed E-state index contributed by atoms with van der Waals surface area (Å²) < 4.78 is 0. The fourth-order valence-corrected chi connectivity index (χ4v) is 3.95. The van der Waals surface area contributed by atoms with Crippen LogP contribution in [0.15, 0.2) is 78.9 Å². The van der Waals surface area contributed by atoms with E-state index in [4.69, 9.17) is 11.6 Å². The Kier molecular flexibility index (Phi) is 5.87. The third-order valence-corrected chi connectivity index (χ3v) is 5.63. The highest BCUT2D eigenvalue weighted by atomic mass is 35.5. The van der Waals surface area contributed by atoms with Crippen molar-refractivity contribution in [3.63, 3.8) is 0 Å². The first-order valence-corrected chi connectivity index (χ1v) is 10.4. The van der Waals surface area contributed by atoms with Crippen molar-refractivity contribution in [3.8, 4) is 0 Å². The SMILES string of the molecule is Cc1ccc(Cl)c(C(=O)CCC2C(=O)N(c3ccccc3)N(c3ccccc3)C2=O)c1. The molecule has 0 atom stereocenters. The fourth-order valence-electron chi connectivity index (χ4n) is 3.73. The van der Waals surface area contributed by atoms with Gasteiger partial charge in [-0.2, -0.15) is 0 Å². The minimum atomic E-state index is -0.937. The summed E-state index contributed by atoms with van der Waals surface area (Å²) in [5.74, 6) is -1.81. The first-order valence-electron chi connectivity index (χ1n) is 10.0. The number of rotatable bonds is 6. The average molecular weight is 433 g/mol. The second kappa shape index (κ2) is 8.74. The summed E-state index contributed by atoms with van der Waals surface area (Å²) in [7, 11) is 0. The number of ketones is 1. The van der Waals surface area contributed by atoms with Crippen molar-refractivity contribution < 1.29 is 14.4 Å². The summed E-state index contributed by atoms with van der Waals surface area (Å²) >= 11 is 6.18. The molecule has 0 unspecified atom stereocenters. The number of benzene rings is 3. The van der Waals surface area contributed by atoms with Gasteiger partial charge in [0.15, 0.2) is 5.78 Å². The highest BCUT2D eigenvalue weighted by molar-refractivity contribution is 6.34. The Morgan fingerprint density at radius 1 is 0.839 bits per heavy atom. The minimum absolute atomic E-state index is 0.0522. The molecular weight excluding hydrogens is 412 g/mol. The van der Waals surface area contributed by atoms with E-state index < -0.39 is 5.92 Å². The van der Waals surface area contributed by atoms with E-state index in [-0.39, 0.29) is 30.4 Å². The van der Waals surface area contributed by atoms with Gasteiger partial charge in [0.05, 0.1) is 16.4 Å². The lowest BCUT2D eigenvalue weighted by molar-refractivity contribution is -0.127. The molecule has 1 saturated heterocycles. The van der Waals surface area contributed by atoms with E-state index in [1.165, 1.54) is 10.0 Å². The summed E-state index contributed by atoms with van der Waals surface area (Å²) in [5.41, 5.74) is 2.53. The van der Waals surface area contributed by atoms with Gasteiger partial charge in [-0.3, -0.25) is 14.4 Å². The zero-order valence-corrected chi connectivity index (χ0v) is 17.8. The molecule has 5 nitrogen and oxygen atoms in total. The van der Waals surface area contributed by atoms with E-state index in [1.807, 2.05) is 49.4 Å². The standard InChI is InChI=1S/C25H21ClN2O3/c1-17-12-14-22(26)21(16-17)23(29)15-13-20-24(30)27(18-8-4-2-5-9-18)28(25(20)31)19-10-6-3-7-11-19/h2-12,14,16,20H,13,15H2,1H3. The molecule has 0 saturated carbocycles. The molecule has 31 heavy (non-hydrogen) atoms. The van der Waals surface area contributed by atoms with Crippen molar-refractivity contribution >= 4 is 40.6 Å². The minimum Gasteiger partial charge on any atom is -0.294 e. The molecule has 4 rings (SSSR count). The highest BCUT2D eigenvalue weighted by Crippen LogP contribution is 2.34. The molecule has 3 aromatic carbocycles. The molecule has 0 bridgehead atoms. The molecule has 156 valence electrons. The fraction of sp³-hybridized carbons (Fsp3) is 0.160. The van der Waals surface area contributed by atoms with Crippen LogP contribution in [0.5, 0.6) is 0 Å². The van der Waals surface area contributed by atoms with Gasteiger partial charge in [0.1, 0.15) is 5.92 Å². The number of hydrogen-bond donors (Lipinski definition) is 0. The Balaban J connectivity index is 1.61. The third-order valence-electron chi connectivity index (χ3n) is 5.30. The number of aryl methyl sites for hydroxylation is 1. The van der Waals surface area contributed by atoms with Crippen LogP contribution in [0.1, 0.15) is 28.8 Å². The first kappa shape index (κ1) is 20.8. The molecule has 1 aliphatic heterocycles. The number of carbonyl (C=O) groups excluding carboxylic acids is 3. The third kappa shape index (κ3) is 4.09. The zero-order chi connectivity index (χ0) is 22.0. The van der Waals surface area contributed by atoms with Crippen LogP contribution in [0.25, 0.3) is 0 Å². The van der Waals surface area contributed by atoms with Crippen molar-refractivity contribution in [3.05, 3.63) is 95.0 Å². The molecule has 0 N–H and O–H groups in total. The molecule has 1 fully saturated rings. The Bertz CT molecular complexity index is 1070. The van der Waals surface area contributed by atoms with E-state index >= 15 is 0 Å². The molecule has 0 radical (unpaired) electrons. The number of Topliss-reactive ketones (excluding diaryl/α,β-unsaturated/α-hetero) is 1. The summed E-state index contributed by atoms with van der Waals surface area (Å²) in [5, 5.41) is 3.16. The van der Waals surface area contributed by atoms with Crippen molar-refractivity contribution in [2.24, 2.45) is 5.92 Å². The number of nitrogens with zero attached hydrogens (tertiary/aromatic N) is 2. The maximum Gasteiger partial charge on any atom is 0.258 e. The molecule has 0 aromatic heterocycles. The Hall–Kier alpha value is -3.44. The summed E-state index contributed by atoms with van der Waals surface area (Å²) in [4.78, 5) is 39.3. The Labute approximate surface area is 185 Å². The van der Waals surface area contributed by atoms with Gasteiger partial charge in [0.2, 0.25) is 0 Å². The summed E-state index contributed by atoms with van der Waals surface area (Å²) in [6.07, 6.45) is 0.171. The van der Waals surface area contributed by atoms with Crippen LogP contribution in [0.2, 0.25) is 5.02 Å². The largest absolute Gasteiger partial charge is 0.294 e. The van der Waals surface area contributed by atoms with Crippen molar-refractivity contribution in [2.45, 2.75) is 19.8 Å². The number of para-hydroxylation sites is 2. The van der Waals surface area contributed by atoms with Crippen LogP contribution in [-0.4, -0.2) is 17.6 Å². The normalized spacial score (nSPS) is 14.4. The van der Waals surface area contributed by atoms with Gasteiger partial charge in [-0.05, 0) is 49.7 Å². The maximum absolute atomic E-state index is 13.3. The molecule has 0 spiro atoms. The molecule has 1 aliphatic rings. The molecular formula is C25H21ClN2O3. The van der Waals surface area contributed by atoms with Gasteiger partial charge in [-0.15, -0.1) is 0 Å². The van der Waals surface area contributed by atoms with Crippen LogP contribution in [0, 0.1) is 12.8 Å². The molecule has 2 amide bonds. The number of amides is 2. The lowest BCUT2D eigenvalue weighted by Crippen LogP contribution is -2.41. The van der Waals surface area contributed by atoms with E-state index in [0.29, 0.717) is 22.0 Å². The number of carbonyl (C=O) groups is 3. The number of hydrogen-bond acceptors (Lipinski definition) is 3. The summed E-state index contributed by atoms with van der Waals surface area (Å²) in [6.45, 7) is 1.88. The van der Waals surface area contributed by atoms with E-state index in [9.17, 15) is 14.4 Å². The summed E-state index contributed by atoms with van der Waals surface area (Å²) in [6, 6.07) is 23.3. The van der Waals surface area contributed by atoms with Gasteiger partial charge in [-0.1, -0.05) is 59.6 Å². The predicted molar refractivity (Wildman–Crippen MR) is 121 cm³/mol. The van der Waals surface area contributed by atoms with Gasteiger partial charge in [0.25, 0.3) is 11.8 Å². The smallest absolute Gasteiger partial charge is 0.258 e. The van der Waals surface area contributed by atoms with Crippen molar-refractivity contribution in [1.29, 1.82) is 0 Å². The topological polar surface area (TPSA) is 57.7 Å². The number of anilines is 2. The van der Waals surface area contributed by atoms with E-state index in [1.54, 1.807) is 36.4 Å². The van der Waals surface area contributed by atoms with Crippen molar-refractivity contribution in [1.82, 2.24) is 0 Å². The second-order valence-electron chi connectivity index (χ2n) is 7.47. The number of halogens is 1. The lowest BCUT2D eigenvalue weighted by atomic mass is 9.97. The maximum atomic E-state index is 13.3. The molecule has 0 aliphatic carbocycles. The molecule has 3 aromatic rings. The van der Waals surface area contributed by atoms with Gasteiger partial charge in [0, 0.05) is 12.0 Å². The molecule has 1 heterocycles. The van der Waals surface area contributed by atoms with Crippen LogP contribution in [0.3, 0.4) is 0 Å². The monoisotopic (exact) mass is 432 g/mol. The van der Waals surface area contributed by atoms with E-state index in [0.717, 1.165) is 5.56 Å². The van der Waals surface area contributed by atoms with Crippen molar-refractivity contribution in [2.75, 3.05) is 10.0 Å². The van der Waals surface area contributed by atoms with Crippen LogP contribution >= 0.6 is 11.6 Å². The Morgan fingerprint density at radius 3 is 1.87 bits per heavy atom. The van der Waals surface area contributed by atoms with Crippen LogP contribution in [-0.2, 0) is 9.59 Å². The Morgan fingerprint density at radius 2 is 1.35 bits per heavy atom. The van der Waals surface area contributed by atoms with Gasteiger partial charge < -0.3 is 0 Å². The van der Waals surface area contributed by atoms with Gasteiger partial charge >= 0.3 is 0 Å². The predicted octanol–water partition coefficient (Wildman–Crippen LogP) is 5.22. The van der Waals surface area contributed by atoms with Crippen LogP contribution < -0.4 is 10.0 Å². The quantitative estimate of drug-likeness (QED) is 0.396. The lowest BCUT2D eigenvalue weighted by Gasteiger charge is -2.27. The van der Waals surface area contributed by atoms with E-state index in [2.05, 4.69) is 0 Å². The highest BCUT2D eigenvalue weighted by Gasteiger charge is 2.46. The van der Waals surface area contributed by atoms with Crippen LogP contribution in [0.4, 0.5) is 11.4 Å². The second-order valence-corrected chi connectivity index (χ2v) is 7.88. The van der Waals surface area contributed by atoms with Gasteiger partial charge in [-0.25, -0.2) is 10.0 Å². The number of hydrazine groups is 1.